The van der Waals surface area contributed by atoms with Crippen LogP contribution in [-0.4, -0.2) is 13.2 Å². The molecule has 0 atom stereocenters. The van der Waals surface area contributed by atoms with E-state index in [-0.39, 0.29) is 0 Å². The van der Waals surface area contributed by atoms with Crippen molar-refractivity contribution in [3.63, 3.8) is 0 Å². The molecule has 0 spiro atoms. The second kappa shape index (κ2) is 5.76. The summed E-state index contributed by atoms with van der Waals surface area (Å²) in [5, 5.41) is 2.84. The van der Waals surface area contributed by atoms with E-state index >= 15 is 0 Å². The van der Waals surface area contributed by atoms with Crippen LogP contribution in [0.3, 0.4) is 0 Å². The summed E-state index contributed by atoms with van der Waals surface area (Å²) in [7, 11) is -3.29. The highest BCUT2D eigenvalue weighted by Crippen LogP contribution is 2.61. The summed E-state index contributed by atoms with van der Waals surface area (Å²) in [6, 6.07) is 8.05. The summed E-state index contributed by atoms with van der Waals surface area (Å²) in [5.41, 5.74) is 2.21. The highest BCUT2D eigenvalue weighted by atomic mass is 31.2. The fraction of sp³-hybridized carbons (Fsp3) is 0.294. The van der Waals surface area contributed by atoms with Crippen molar-refractivity contribution < 1.29 is 13.6 Å². The van der Waals surface area contributed by atoms with E-state index in [1.54, 1.807) is 0 Å². The first-order valence-corrected chi connectivity index (χ1v) is 8.85. The third-order valence-corrected chi connectivity index (χ3v) is 5.91. The predicted octanol–water partition coefficient (Wildman–Crippen LogP) is 3.11. The molecule has 0 bridgehead atoms. The molecule has 0 unspecified atom stereocenters. The molecule has 0 aromatic heterocycles. The zero-order valence-electron chi connectivity index (χ0n) is 12.3. The molecule has 2 aliphatic carbocycles. The van der Waals surface area contributed by atoms with Crippen molar-refractivity contribution in [3.8, 4) is 0 Å². The second-order valence-corrected chi connectivity index (χ2v) is 6.88. The van der Waals surface area contributed by atoms with E-state index in [1.807, 2.05) is 44.2 Å². The van der Waals surface area contributed by atoms with Crippen LogP contribution in [0.15, 0.2) is 48.1 Å². The Hall–Kier alpha value is -1.41. The molecule has 0 amide bonds. The second-order valence-electron chi connectivity index (χ2n) is 4.92. The van der Waals surface area contributed by atoms with Crippen molar-refractivity contribution in [2.24, 2.45) is 0 Å². The molecule has 1 aromatic rings. The van der Waals surface area contributed by atoms with Crippen LogP contribution in [0, 0.1) is 0 Å². The van der Waals surface area contributed by atoms with Crippen molar-refractivity contribution >= 4 is 18.5 Å². The number of hydrogen-bond donors (Lipinski definition) is 0. The standard InChI is InChI=1S/C17H19O3P/c1-3-19-21(18,20-4-2)17-15-11-7-5-9-13(15)14-10-6-8-12-16(14)17/h5-9,11-12H,3-4,10H2,1-2H3. The van der Waals surface area contributed by atoms with Gasteiger partial charge in [-0.2, -0.15) is 0 Å². The zero-order chi connectivity index (χ0) is 14.9. The lowest BCUT2D eigenvalue weighted by Crippen LogP contribution is -2.23. The molecule has 2 aliphatic rings. The SMILES string of the molecule is CCOP(=O)(OCC)C1=c2ccccc2=C2CC=CC=C21. The van der Waals surface area contributed by atoms with Gasteiger partial charge in [0.1, 0.15) is 0 Å². The fourth-order valence-corrected chi connectivity index (χ4v) is 4.94. The van der Waals surface area contributed by atoms with Gasteiger partial charge < -0.3 is 9.05 Å². The van der Waals surface area contributed by atoms with E-state index in [0.717, 1.165) is 27.7 Å². The molecule has 0 N–H and O–H groups in total. The largest absolute Gasteiger partial charge is 0.362 e. The maximum absolute atomic E-state index is 13.3. The van der Waals surface area contributed by atoms with E-state index in [0.29, 0.717) is 13.2 Å². The summed E-state index contributed by atoms with van der Waals surface area (Å²) in [6.07, 6.45) is 6.99. The summed E-state index contributed by atoms with van der Waals surface area (Å²) in [4.78, 5) is 0. The van der Waals surface area contributed by atoms with Crippen molar-refractivity contribution in [1.82, 2.24) is 0 Å². The average molecular weight is 302 g/mol. The van der Waals surface area contributed by atoms with Gasteiger partial charge in [-0.1, -0.05) is 42.5 Å². The van der Waals surface area contributed by atoms with Crippen LogP contribution in [-0.2, 0) is 13.6 Å². The van der Waals surface area contributed by atoms with Gasteiger partial charge in [0, 0.05) is 0 Å². The van der Waals surface area contributed by atoms with Gasteiger partial charge in [0.15, 0.2) is 0 Å². The van der Waals surface area contributed by atoms with Gasteiger partial charge >= 0.3 is 7.60 Å². The molecule has 3 nitrogen and oxygen atoms in total. The van der Waals surface area contributed by atoms with Crippen LogP contribution in [0.1, 0.15) is 20.3 Å². The average Bonchev–Trinajstić information content (AvgIpc) is 2.83. The summed E-state index contributed by atoms with van der Waals surface area (Å²) < 4.78 is 24.4. The Balaban J connectivity index is 2.32. The maximum atomic E-state index is 13.3. The van der Waals surface area contributed by atoms with Crippen molar-refractivity contribution in [3.05, 3.63) is 58.5 Å². The maximum Gasteiger partial charge on any atom is 0.362 e. The van der Waals surface area contributed by atoms with E-state index < -0.39 is 7.60 Å². The lowest BCUT2D eigenvalue weighted by Gasteiger charge is -2.21. The monoisotopic (exact) mass is 302 g/mol. The quantitative estimate of drug-likeness (QED) is 0.784. The Labute approximate surface area is 124 Å². The van der Waals surface area contributed by atoms with E-state index in [9.17, 15) is 4.57 Å². The van der Waals surface area contributed by atoms with Crippen LogP contribution < -0.4 is 10.4 Å². The Bertz CT molecular complexity index is 776. The molecule has 0 aliphatic heterocycles. The molecule has 21 heavy (non-hydrogen) atoms. The summed E-state index contributed by atoms with van der Waals surface area (Å²) >= 11 is 0. The molecule has 4 heteroatoms. The number of rotatable bonds is 5. The van der Waals surface area contributed by atoms with E-state index in [2.05, 4.69) is 12.1 Å². The van der Waals surface area contributed by atoms with Crippen molar-refractivity contribution in [2.45, 2.75) is 20.3 Å². The summed E-state index contributed by atoms with van der Waals surface area (Å²) in [5.74, 6) is 0. The topological polar surface area (TPSA) is 35.5 Å². The first-order valence-electron chi connectivity index (χ1n) is 7.31. The van der Waals surface area contributed by atoms with Crippen molar-refractivity contribution in [1.29, 1.82) is 0 Å². The molecule has 0 saturated carbocycles. The number of fused-ring (bicyclic) bond motifs is 2. The minimum Gasteiger partial charge on any atom is -0.305 e. The first kappa shape index (κ1) is 14.5. The highest BCUT2D eigenvalue weighted by Gasteiger charge is 2.36. The van der Waals surface area contributed by atoms with Gasteiger partial charge in [-0.3, -0.25) is 4.57 Å². The van der Waals surface area contributed by atoms with Crippen LogP contribution in [0.2, 0.25) is 0 Å². The molecule has 0 saturated heterocycles. The number of benzene rings is 1. The van der Waals surface area contributed by atoms with Crippen LogP contribution >= 0.6 is 7.60 Å². The number of allylic oxidation sites excluding steroid dienone is 4. The van der Waals surface area contributed by atoms with E-state index in [4.69, 9.17) is 9.05 Å². The van der Waals surface area contributed by atoms with E-state index in [1.165, 1.54) is 5.57 Å². The third kappa shape index (κ3) is 2.36. The summed E-state index contributed by atoms with van der Waals surface area (Å²) in [6.45, 7) is 4.41. The Morgan fingerprint density at radius 1 is 1.10 bits per heavy atom. The predicted molar refractivity (Wildman–Crippen MR) is 85.2 cm³/mol. The zero-order valence-corrected chi connectivity index (χ0v) is 13.2. The highest BCUT2D eigenvalue weighted by molar-refractivity contribution is 7.65. The molecule has 0 fully saturated rings. The Morgan fingerprint density at radius 3 is 2.43 bits per heavy atom. The molecule has 0 heterocycles. The first-order chi connectivity index (χ1) is 10.2. The van der Waals surface area contributed by atoms with Crippen LogP contribution in [0.5, 0.6) is 0 Å². The minimum atomic E-state index is -3.29. The lowest BCUT2D eigenvalue weighted by atomic mass is 10.00. The third-order valence-electron chi connectivity index (χ3n) is 3.68. The molecular weight excluding hydrogens is 283 g/mol. The van der Waals surface area contributed by atoms with Crippen molar-refractivity contribution in [2.75, 3.05) is 13.2 Å². The van der Waals surface area contributed by atoms with Gasteiger partial charge in [0.25, 0.3) is 0 Å². The smallest absolute Gasteiger partial charge is 0.305 e. The van der Waals surface area contributed by atoms with Crippen LogP contribution in [0.4, 0.5) is 0 Å². The van der Waals surface area contributed by atoms with Crippen LogP contribution in [0.25, 0.3) is 10.9 Å². The lowest BCUT2D eigenvalue weighted by molar-refractivity contribution is 0.230. The molecule has 0 radical (unpaired) electrons. The fourth-order valence-electron chi connectivity index (χ4n) is 2.94. The van der Waals surface area contributed by atoms with Gasteiger partial charge in [-0.25, -0.2) is 0 Å². The molecule has 110 valence electrons. The van der Waals surface area contributed by atoms with Gasteiger partial charge in [-0.05, 0) is 41.9 Å². The molecule has 1 aromatic carbocycles. The Morgan fingerprint density at radius 2 is 1.76 bits per heavy atom. The molecule has 3 rings (SSSR count). The Kier molecular flexibility index (Phi) is 3.99. The minimum absolute atomic E-state index is 0.362. The normalized spacial score (nSPS) is 16.8. The van der Waals surface area contributed by atoms with Gasteiger partial charge in [0.2, 0.25) is 0 Å². The number of hydrogen-bond acceptors (Lipinski definition) is 3. The molecular formula is C17H19O3P. The van der Waals surface area contributed by atoms with Gasteiger partial charge in [-0.15, -0.1) is 0 Å². The van der Waals surface area contributed by atoms with Gasteiger partial charge in [0.05, 0.1) is 18.5 Å².